The summed E-state index contributed by atoms with van der Waals surface area (Å²) >= 11 is 0. The Balaban J connectivity index is 2.20. The topological polar surface area (TPSA) is 89.3 Å². The zero-order valence-corrected chi connectivity index (χ0v) is 12.6. The van der Waals surface area contributed by atoms with E-state index in [4.69, 9.17) is 5.14 Å². The molecule has 2 rings (SSSR count). The Morgan fingerprint density at radius 2 is 1.52 bits per heavy atom. The number of nitrogens with one attached hydrogen (secondary N) is 1. The van der Waals surface area contributed by atoms with Gasteiger partial charge in [0.15, 0.2) is 0 Å². The van der Waals surface area contributed by atoms with Crippen molar-refractivity contribution in [2.75, 3.05) is 5.32 Å². The van der Waals surface area contributed by atoms with Gasteiger partial charge in [-0.2, -0.15) is 0 Å². The van der Waals surface area contributed by atoms with E-state index in [1.807, 2.05) is 32.0 Å². The first-order valence-corrected chi connectivity index (χ1v) is 7.83. The Kier molecular flexibility index (Phi) is 4.11. The third-order valence-corrected chi connectivity index (χ3v) is 3.85. The number of aryl methyl sites for hydroxylation is 2. The number of hydrogen-bond acceptors (Lipinski definition) is 3. The number of amides is 1. The molecule has 0 bridgehead atoms. The van der Waals surface area contributed by atoms with Gasteiger partial charge in [-0.25, -0.2) is 13.6 Å². The zero-order chi connectivity index (χ0) is 15.6. The van der Waals surface area contributed by atoms with E-state index in [1.165, 1.54) is 24.3 Å². The summed E-state index contributed by atoms with van der Waals surface area (Å²) in [5.74, 6) is -0.305. The fraction of sp³-hybridized carbons (Fsp3) is 0.133. The molecule has 0 aliphatic rings. The molecule has 0 atom stereocenters. The largest absolute Gasteiger partial charge is 0.322 e. The Morgan fingerprint density at radius 1 is 1.00 bits per heavy atom. The van der Waals surface area contributed by atoms with E-state index in [0.717, 1.165) is 11.1 Å². The van der Waals surface area contributed by atoms with Crippen molar-refractivity contribution in [2.24, 2.45) is 5.14 Å². The quantitative estimate of drug-likeness (QED) is 0.911. The van der Waals surface area contributed by atoms with Crippen LogP contribution in [0, 0.1) is 13.8 Å². The first kappa shape index (κ1) is 15.2. The molecule has 0 aliphatic heterocycles. The molecule has 2 aromatic rings. The molecule has 0 heterocycles. The van der Waals surface area contributed by atoms with E-state index >= 15 is 0 Å². The van der Waals surface area contributed by atoms with Crippen LogP contribution in [0.2, 0.25) is 0 Å². The van der Waals surface area contributed by atoms with E-state index in [0.29, 0.717) is 11.3 Å². The van der Waals surface area contributed by atoms with Crippen LogP contribution in [-0.2, 0) is 10.0 Å². The molecule has 0 radical (unpaired) electrons. The van der Waals surface area contributed by atoms with Crippen molar-refractivity contribution in [2.45, 2.75) is 18.7 Å². The lowest BCUT2D eigenvalue weighted by Gasteiger charge is -2.08. The number of rotatable bonds is 3. The molecule has 0 aromatic heterocycles. The fourth-order valence-electron chi connectivity index (χ4n) is 2.05. The van der Waals surface area contributed by atoms with Crippen LogP contribution in [-0.4, -0.2) is 14.3 Å². The minimum atomic E-state index is -3.75. The molecule has 6 heteroatoms. The van der Waals surface area contributed by atoms with Gasteiger partial charge < -0.3 is 5.32 Å². The van der Waals surface area contributed by atoms with Gasteiger partial charge in [-0.15, -0.1) is 0 Å². The van der Waals surface area contributed by atoms with Crippen LogP contribution in [0.15, 0.2) is 47.4 Å². The van der Waals surface area contributed by atoms with Gasteiger partial charge in [-0.05, 0) is 61.4 Å². The lowest BCUT2D eigenvalue weighted by molar-refractivity contribution is 0.102. The molecular weight excluding hydrogens is 288 g/mol. The summed E-state index contributed by atoms with van der Waals surface area (Å²) in [6.07, 6.45) is 0. The van der Waals surface area contributed by atoms with Crippen LogP contribution in [0.3, 0.4) is 0 Å². The third-order valence-electron chi connectivity index (χ3n) is 2.92. The highest BCUT2D eigenvalue weighted by Crippen LogP contribution is 2.16. The number of nitrogens with two attached hydrogens (primary N) is 1. The molecule has 1 amide bonds. The highest BCUT2D eigenvalue weighted by Gasteiger charge is 2.10. The second-order valence-corrected chi connectivity index (χ2v) is 6.46. The minimum Gasteiger partial charge on any atom is -0.322 e. The molecule has 0 fully saturated rings. The Bertz CT molecular complexity index is 761. The van der Waals surface area contributed by atoms with E-state index in [9.17, 15) is 13.2 Å². The van der Waals surface area contributed by atoms with Crippen molar-refractivity contribution in [1.29, 1.82) is 0 Å². The molecule has 0 unspecified atom stereocenters. The van der Waals surface area contributed by atoms with Crippen molar-refractivity contribution in [1.82, 2.24) is 0 Å². The van der Waals surface area contributed by atoms with Gasteiger partial charge in [0.05, 0.1) is 4.90 Å². The maximum atomic E-state index is 12.1. The van der Waals surface area contributed by atoms with Gasteiger partial charge in [-0.3, -0.25) is 4.79 Å². The van der Waals surface area contributed by atoms with Crippen LogP contribution in [0.4, 0.5) is 5.69 Å². The summed E-state index contributed by atoms with van der Waals surface area (Å²) in [5, 5.41) is 7.79. The van der Waals surface area contributed by atoms with E-state index in [1.54, 1.807) is 0 Å². The van der Waals surface area contributed by atoms with E-state index in [2.05, 4.69) is 5.32 Å². The van der Waals surface area contributed by atoms with Gasteiger partial charge in [0, 0.05) is 11.3 Å². The van der Waals surface area contributed by atoms with Crippen molar-refractivity contribution in [3.8, 4) is 0 Å². The van der Waals surface area contributed by atoms with Crippen molar-refractivity contribution >= 4 is 21.6 Å². The lowest BCUT2D eigenvalue weighted by atomic mass is 10.1. The summed E-state index contributed by atoms with van der Waals surface area (Å²) in [4.78, 5) is 12.1. The average molecular weight is 304 g/mol. The first-order valence-electron chi connectivity index (χ1n) is 6.28. The number of carbonyl (C=O) groups excluding carboxylic acids is 1. The van der Waals surface area contributed by atoms with E-state index in [-0.39, 0.29) is 10.8 Å². The monoisotopic (exact) mass is 304 g/mol. The number of benzene rings is 2. The molecule has 21 heavy (non-hydrogen) atoms. The smallest absolute Gasteiger partial charge is 0.255 e. The first-order chi connectivity index (χ1) is 9.75. The third kappa shape index (κ3) is 3.90. The lowest BCUT2D eigenvalue weighted by Crippen LogP contribution is -2.14. The maximum absolute atomic E-state index is 12.1. The summed E-state index contributed by atoms with van der Waals surface area (Å²) in [5.41, 5.74) is 3.17. The molecule has 0 aliphatic carbocycles. The van der Waals surface area contributed by atoms with Gasteiger partial charge in [0.25, 0.3) is 5.91 Å². The number of sulfonamides is 1. The molecule has 0 spiro atoms. The summed E-state index contributed by atoms with van der Waals surface area (Å²) in [6.45, 7) is 3.90. The van der Waals surface area contributed by atoms with Gasteiger partial charge in [0.1, 0.15) is 0 Å². The summed E-state index contributed by atoms with van der Waals surface area (Å²) in [6, 6.07) is 11.2. The number of carbonyl (C=O) groups is 1. The standard InChI is InChI=1S/C15H16N2O3S/c1-10-7-11(2)9-13(8-10)17-15(18)12-3-5-14(6-4-12)21(16,19)20/h3-9H,1-2H3,(H,17,18)(H2,16,19,20). The maximum Gasteiger partial charge on any atom is 0.255 e. The van der Waals surface area contributed by atoms with Crippen molar-refractivity contribution in [3.05, 3.63) is 59.2 Å². The molecular formula is C15H16N2O3S. The van der Waals surface area contributed by atoms with Crippen LogP contribution >= 0.6 is 0 Å². The Hall–Kier alpha value is -2.18. The number of hydrogen-bond donors (Lipinski definition) is 2. The molecule has 0 saturated carbocycles. The Morgan fingerprint density at radius 3 is 2.00 bits per heavy atom. The van der Waals surface area contributed by atoms with Crippen LogP contribution < -0.4 is 10.5 Å². The predicted octanol–water partition coefficient (Wildman–Crippen LogP) is 2.20. The van der Waals surface area contributed by atoms with Crippen molar-refractivity contribution in [3.63, 3.8) is 0 Å². The number of primary sulfonamides is 1. The molecule has 2 aromatic carbocycles. The average Bonchev–Trinajstić information content (AvgIpc) is 2.36. The summed E-state index contributed by atoms with van der Waals surface area (Å²) in [7, 11) is -3.75. The van der Waals surface area contributed by atoms with E-state index < -0.39 is 10.0 Å². The summed E-state index contributed by atoms with van der Waals surface area (Å²) < 4.78 is 22.3. The van der Waals surface area contributed by atoms with Crippen LogP contribution in [0.25, 0.3) is 0 Å². The minimum absolute atomic E-state index is 0.0227. The van der Waals surface area contributed by atoms with Gasteiger partial charge in [-0.1, -0.05) is 6.07 Å². The highest BCUT2D eigenvalue weighted by atomic mass is 32.2. The van der Waals surface area contributed by atoms with Gasteiger partial charge >= 0.3 is 0 Å². The zero-order valence-electron chi connectivity index (χ0n) is 11.8. The fourth-order valence-corrected chi connectivity index (χ4v) is 2.56. The normalized spacial score (nSPS) is 11.2. The molecule has 3 N–H and O–H groups in total. The molecule has 0 saturated heterocycles. The van der Waals surface area contributed by atoms with Crippen LogP contribution in [0.5, 0.6) is 0 Å². The highest BCUT2D eigenvalue weighted by molar-refractivity contribution is 7.89. The molecule has 110 valence electrons. The second kappa shape index (κ2) is 5.67. The van der Waals surface area contributed by atoms with Gasteiger partial charge in [0.2, 0.25) is 10.0 Å². The molecule has 5 nitrogen and oxygen atoms in total. The predicted molar refractivity (Wildman–Crippen MR) is 81.7 cm³/mol. The van der Waals surface area contributed by atoms with Crippen molar-refractivity contribution < 1.29 is 13.2 Å². The SMILES string of the molecule is Cc1cc(C)cc(NC(=O)c2ccc(S(N)(=O)=O)cc2)c1. The second-order valence-electron chi connectivity index (χ2n) is 4.90. The number of anilines is 1. The van der Waals surface area contributed by atoms with Crippen LogP contribution in [0.1, 0.15) is 21.5 Å². The Labute approximate surface area is 123 Å².